The molecule has 2 amide bonds. The Hall–Kier alpha value is -1.14. The minimum absolute atomic E-state index is 0.00258. The van der Waals surface area contributed by atoms with E-state index in [0.29, 0.717) is 13.1 Å². The molecule has 1 unspecified atom stereocenters. The number of piperidine rings is 1. The average Bonchev–Trinajstić information content (AvgIpc) is 2.55. The van der Waals surface area contributed by atoms with Gasteiger partial charge in [0.05, 0.1) is 18.8 Å². The first-order valence-corrected chi connectivity index (χ1v) is 9.48. The molecule has 0 bridgehead atoms. The van der Waals surface area contributed by atoms with Crippen molar-refractivity contribution >= 4 is 11.8 Å². The lowest BCUT2D eigenvalue weighted by atomic mass is 9.83. The van der Waals surface area contributed by atoms with Crippen LogP contribution in [0.5, 0.6) is 0 Å². The fraction of sp³-hybridized carbons (Fsp3) is 0.889. The summed E-state index contributed by atoms with van der Waals surface area (Å²) in [5.74, 6) is 0.180. The molecule has 2 saturated heterocycles. The summed E-state index contributed by atoms with van der Waals surface area (Å²) in [6.45, 7) is 5.95. The van der Waals surface area contributed by atoms with Crippen molar-refractivity contribution in [1.82, 2.24) is 15.1 Å². The predicted octanol–water partition coefficient (Wildman–Crippen LogP) is 1.15. The van der Waals surface area contributed by atoms with E-state index in [1.54, 1.807) is 0 Å². The number of hydrogen-bond donors (Lipinski definition) is 1. The number of carbonyl (C=O) groups excluding carboxylic acids is 2. The summed E-state index contributed by atoms with van der Waals surface area (Å²) < 4.78 is 6.11. The van der Waals surface area contributed by atoms with E-state index < -0.39 is 0 Å². The smallest absolute Gasteiger partial charge is 0.236 e. The van der Waals surface area contributed by atoms with Crippen molar-refractivity contribution in [2.45, 2.75) is 63.5 Å². The van der Waals surface area contributed by atoms with Crippen LogP contribution in [0, 0.1) is 0 Å². The second-order valence-corrected chi connectivity index (χ2v) is 7.68. The molecule has 2 aliphatic heterocycles. The van der Waals surface area contributed by atoms with E-state index in [0.717, 1.165) is 51.9 Å². The van der Waals surface area contributed by atoms with Gasteiger partial charge in [0, 0.05) is 39.1 Å². The fourth-order valence-electron chi connectivity index (χ4n) is 4.46. The van der Waals surface area contributed by atoms with Crippen molar-refractivity contribution in [3.8, 4) is 0 Å². The van der Waals surface area contributed by atoms with Crippen LogP contribution in [0.15, 0.2) is 0 Å². The number of nitrogens with one attached hydrogen (secondary N) is 1. The van der Waals surface area contributed by atoms with Gasteiger partial charge >= 0.3 is 0 Å². The van der Waals surface area contributed by atoms with Crippen molar-refractivity contribution in [3.63, 3.8) is 0 Å². The maximum Gasteiger partial charge on any atom is 0.236 e. The number of carbonyl (C=O) groups is 2. The molecule has 6 heteroatoms. The average molecular weight is 337 g/mol. The number of hydrogen-bond acceptors (Lipinski definition) is 4. The van der Waals surface area contributed by atoms with Gasteiger partial charge in [0.1, 0.15) is 0 Å². The minimum Gasteiger partial charge on any atom is -0.372 e. The van der Waals surface area contributed by atoms with Gasteiger partial charge in [-0.3, -0.25) is 14.5 Å². The Balaban J connectivity index is 1.51. The quantitative estimate of drug-likeness (QED) is 0.839. The van der Waals surface area contributed by atoms with Crippen LogP contribution in [-0.2, 0) is 14.3 Å². The highest BCUT2D eigenvalue weighted by molar-refractivity contribution is 5.78. The molecule has 0 radical (unpaired) electrons. The molecule has 1 spiro atoms. The van der Waals surface area contributed by atoms with E-state index >= 15 is 0 Å². The third-order valence-electron chi connectivity index (χ3n) is 5.63. The van der Waals surface area contributed by atoms with Gasteiger partial charge in [0.25, 0.3) is 0 Å². The highest BCUT2D eigenvalue weighted by Gasteiger charge is 2.38. The Morgan fingerprint density at radius 2 is 1.96 bits per heavy atom. The summed E-state index contributed by atoms with van der Waals surface area (Å²) in [4.78, 5) is 28.1. The SMILES string of the molecule is CC(=O)NC1CCCN(C(=O)CN2CCOC3(CCCCC3)C2)C1. The van der Waals surface area contributed by atoms with Crippen molar-refractivity contribution in [2.75, 3.05) is 39.3 Å². The first-order chi connectivity index (χ1) is 11.6. The molecule has 3 fully saturated rings. The Labute approximate surface area is 144 Å². The molecular weight excluding hydrogens is 306 g/mol. The first-order valence-electron chi connectivity index (χ1n) is 9.48. The third-order valence-corrected chi connectivity index (χ3v) is 5.63. The van der Waals surface area contributed by atoms with Gasteiger partial charge in [0.2, 0.25) is 11.8 Å². The Morgan fingerprint density at radius 1 is 1.17 bits per heavy atom. The molecule has 6 nitrogen and oxygen atoms in total. The summed E-state index contributed by atoms with van der Waals surface area (Å²) in [7, 11) is 0. The molecule has 0 aromatic rings. The van der Waals surface area contributed by atoms with Crippen molar-refractivity contribution in [1.29, 1.82) is 0 Å². The van der Waals surface area contributed by atoms with Crippen LogP contribution in [0.4, 0.5) is 0 Å². The van der Waals surface area contributed by atoms with E-state index in [9.17, 15) is 9.59 Å². The van der Waals surface area contributed by atoms with Crippen LogP contribution in [0.1, 0.15) is 51.9 Å². The zero-order chi connectivity index (χ0) is 17.0. The number of morpholine rings is 1. The number of amides is 2. The zero-order valence-corrected chi connectivity index (χ0v) is 14.9. The summed E-state index contributed by atoms with van der Waals surface area (Å²) in [6.07, 6.45) is 7.98. The second kappa shape index (κ2) is 7.83. The van der Waals surface area contributed by atoms with Crippen LogP contribution in [0.3, 0.4) is 0 Å². The van der Waals surface area contributed by atoms with Crippen LogP contribution in [0.2, 0.25) is 0 Å². The number of nitrogens with zero attached hydrogens (tertiary/aromatic N) is 2. The van der Waals surface area contributed by atoms with Gasteiger partial charge in [-0.1, -0.05) is 19.3 Å². The Kier molecular flexibility index (Phi) is 5.76. The molecule has 3 rings (SSSR count). The highest BCUT2D eigenvalue weighted by Crippen LogP contribution is 2.34. The molecule has 1 N–H and O–H groups in total. The molecule has 0 aromatic heterocycles. The van der Waals surface area contributed by atoms with E-state index in [2.05, 4.69) is 10.2 Å². The highest BCUT2D eigenvalue weighted by atomic mass is 16.5. The van der Waals surface area contributed by atoms with E-state index in [1.807, 2.05) is 4.90 Å². The van der Waals surface area contributed by atoms with Gasteiger partial charge in [-0.2, -0.15) is 0 Å². The monoisotopic (exact) mass is 337 g/mol. The van der Waals surface area contributed by atoms with Crippen molar-refractivity contribution < 1.29 is 14.3 Å². The first kappa shape index (κ1) is 17.7. The lowest BCUT2D eigenvalue weighted by molar-refractivity contribution is -0.145. The molecule has 24 heavy (non-hydrogen) atoms. The molecule has 3 aliphatic rings. The summed E-state index contributed by atoms with van der Waals surface area (Å²) in [6, 6.07) is 0.106. The summed E-state index contributed by atoms with van der Waals surface area (Å²) >= 11 is 0. The molecule has 1 aliphatic carbocycles. The Morgan fingerprint density at radius 3 is 2.71 bits per heavy atom. The van der Waals surface area contributed by atoms with Crippen LogP contribution >= 0.6 is 0 Å². The second-order valence-electron chi connectivity index (χ2n) is 7.68. The van der Waals surface area contributed by atoms with Crippen LogP contribution < -0.4 is 5.32 Å². The molecule has 136 valence electrons. The van der Waals surface area contributed by atoms with Gasteiger partial charge in [0.15, 0.2) is 0 Å². The van der Waals surface area contributed by atoms with E-state index in [4.69, 9.17) is 4.74 Å². The summed E-state index contributed by atoms with van der Waals surface area (Å²) in [5.41, 5.74) is -0.00258. The lowest BCUT2D eigenvalue weighted by Crippen LogP contribution is -2.56. The van der Waals surface area contributed by atoms with Gasteiger partial charge in [-0.05, 0) is 25.7 Å². The fourth-order valence-corrected chi connectivity index (χ4v) is 4.46. The summed E-state index contributed by atoms with van der Waals surface area (Å²) in [5, 5.41) is 2.95. The van der Waals surface area contributed by atoms with Crippen molar-refractivity contribution in [2.24, 2.45) is 0 Å². The normalized spacial score (nSPS) is 27.9. The van der Waals surface area contributed by atoms with Gasteiger partial charge < -0.3 is 15.0 Å². The largest absolute Gasteiger partial charge is 0.372 e. The standard InChI is InChI=1S/C18H31N3O3/c1-15(22)19-16-6-5-9-21(12-16)17(23)13-20-10-11-24-18(14-20)7-3-2-4-8-18/h16H,2-14H2,1H3,(H,19,22). The maximum atomic E-state index is 12.7. The predicted molar refractivity (Wildman–Crippen MR) is 91.6 cm³/mol. The number of likely N-dealkylation sites (tertiary alicyclic amines) is 1. The van der Waals surface area contributed by atoms with Crippen LogP contribution in [0.25, 0.3) is 0 Å². The number of rotatable bonds is 3. The van der Waals surface area contributed by atoms with Gasteiger partial charge in [-0.15, -0.1) is 0 Å². The topological polar surface area (TPSA) is 61.9 Å². The molecular formula is C18H31N3O3. The number of ether oxygens (including phenoxy) is 1. The lowest BCUT2D eigenvalue weighted by Gasteiger charge is -2.45. The van der Waals surface area contributed by atoms with Gasteiger partial charge in [-0.25, -0.2) is 0 Å². The van der Waals surface area contributed by atoms with Crippen molar-refractivity contribution in [3.05, 3.63) is 0 Å². The van der Waals surface area contributed by atoms with Crippen LogP contribution in [-0.4, -0.2) is 72.6 Å². The van der Waals surface area contributed by atoms with E-state index in [-0.39, 0.29) is 23.5 Å². The molecule has 1 saturated carbocycles. The zero-order valence-electron chi connectivity index (χ0n) is 14.9. The molecule has 2 heterocycles. The Bertz CT molecular complexity index is 457. The maximum absolute atomic E-state index is 12.7. The van der Waals surface area contributed by atoms with E-state index in [1.165, 1.54) is 26.2 Å². The third kappa shape index (κ3) is 4.48. The molecule has 1 atom stereocenters. The molecule has 0 aromatic carbocycles. The minimum atomic E-state index is -0.0123.